The Bertz CT molecular complexity index is 1100. The predicted molar refractivity (Wildman–Crippen MR) is 140 cm³/mol. The van der Waals surface area contributed by atoms with Crippen LogP contribution in [-0.4, -0.2) is 29.7 Å². The Labute approximate surface area is 208 Å². The summed E-state index contributed by atoms with van der Waals surface area (Å²) in [6.07, 6.45) is 8.32. The van der Waals surface area contributed by atoms with Crippen molar-refractivity contribution in [1.82, 2.24) is 15.3 Å². The second kappa shape index (κ2) is 12.2. The van der Waals surface area contributed by atoms with E-state index in [0.29, 0.717) is 23.9 Å². The van der Waals surface area contributed by atoms with E-state index >= 15 is 0 Å². The van der Waals surface area contributed by atoms with E-state index in [1.54, 1.807) is 25.7 Å². The van der Waals surface area contributed by atoms with Gasteiger partial charge in [-0.2, -0.15) is 0 Å². The number of aromatic nitrogens is 2. The number of para-hydroxylation sites is 1. The summed E-state index contributed by atoms with van der Waals surface area (Å²) in [5, 5.41) is 6.10. The van der Waals surface area contributed by atoms with Crippen molar-refractivity contribution in [3.05, 3.63) is 66.6 Å². The molecule has 1 aromatic carbocycles. The van der Waals surface area contributed by atoms with Gasteiger partial charge in [-0.3, -0.25) is 4.98 Å². The van der Waals surface area contributed by atoms with Crippen LogP contribution in [0.15, 0.2) is 61.1 Å². The smallest absolute Gasteiger partial charge is 0.319 e. The van der Waals surface area contributed by atoms with E-state index in [1.165, 1.54) is 0 Å². The van der Waals surface area contributed by atoms with Gasteiger partial charge in [-0.1, -0.05) is 64.8 Å². The van der Waals surface area contributed by atoms with Gasteiger partial charge in [0.15, 0.2) is 0 Å². The zero-order valence-corrected chi connectivity index (χ0v) is 21.3. The number of rotatable bonds is 10. The van der Waals surface area contributed by atoms with Crippen molar-refractivity contribution in [2.45, 2.75) is 53.0 Å². The maximum absolute atomic E-state index is 13.2. The minimum atomic E-state index is -0.330. The predicted octanol–water partition coefficient (Wildman–Crippen LogP) is 6.63. The van der Waals surface area contributed by atoms with Crippen LogP contribution in [0.4, 0.5) is 10.5 Å². The van der Waals surface area contributed by atoms with Gasteiger partial charge >= 0.3 is 6.03 Å². The minimum Gasteiger partial charge on any atom is -0.496 e. The van der Waals surface area contributed by atoms with Crippen molar-refractivity contribution in [3.63, 3.8) is 0 Å². The molecule has 1 atom stereocenters. The van der Waals surface area contributed by atoms with Gasteiger partial charge < -0.3 is 20.1 Å². The molecule has 0 radical (unpaired) electrons. The Hall–Kier alpha value is -3.61. The first-order valence-corrected chi connectivity index (χ1v) is 12.1. The zero-order valence-electron chi connectivity index (χ0n) is 21.3. The number of ether oxygens (including phenoxy) is 2. The number of hydrogen-bond acceptors (Lipinski definition) is 5. The number of anilines is 1. The van der Waals surface area contributed by atoms with Crippen molar-refractivity contribution >= 4 is 11.7 Å². The highest BCUT2D eigenvalue weighted by Gasteiger charge is 2.28. The van der Waals surface area contributed by atoms with Gasteiger partial charge in [0.1, 0.15) is 5.75 Å². The molecular weight excluding hydrogens is 440 g/mol. The first-order chi connectivity index (χ1) is 16.8. The molecule has 35 heavy (non-hydrogen) atoms. The first-order valence-electron chi connectivity index (χ1n) is 12.1. The van der Waals surface area contributed by atoms with Crippen LogP contribution < -0.4 is 20.1 Å². The van der Waals surface area contributed by atoms with Crippen LogP contribution in [0.3, 0.4) is 0 Å². The Balaban J connectivity index is 1.89. The summed E-state index contributed by atoms with van der Waals surface area (Å²) in [6, 6.07) is 12.8. The molecule has 0 spiro atoms. The van der Waals surface area contributed by atoms with Crippen LogP contribution >= 0.6 is 0 Å². The van der Waals surface area contributed by atoms with Gasteiger partial charge in [0.05, 0.1) is 31.6 Å². The lowest BCUT2D eigenvalue weighted by Crippen LogP contribution is -2.39. The van der Waals surface area contributed by atoms with Crippen molar-refractivity contribution in [2.75, 3.05) is 19.0 Å². The molecule has 0 aliphatic rings. The summed E-state index contributed by atoms with van der Waals surface area (Å²) in [6.45, 7) is 8.99. The number of methoxy groups -OCH3 is 1. The molecule has 3 rings (SSSR count). The van der Waals surface area contributed by atoms with Crippen LogP contribution in [0.5, 0.6) is 11.6 Å². The maximum Gasteiger partial charge on any atom is 0.319 e. The highest BCUT2D eigenvalue weighted by molar-refractivity contribution is 5.95. The lowest BCUT2D eigenvalue weighted by Gasteiger charge is -2.31. The lowest BCUT2D eigenvalue weighted by atomic mass is 9.83. The Morgan fingerprint density at radius 3 is 2.54 bits per heavy atom. The van der Waals surface area contributed by atoms with E-state index < -0.39 is 0 Å². The third-order valence-corrected chi connectivity index (χ3v) is 5.68. The molecule has 7 heteroatoms. The van der Waals surface area contributed by atoms with Crippen molar-refractivity contribution in [2.24, 2.45) is 5.41 Å². The van der Waals surface area contributed by atoms with Crippen molar-refractivity contribution in [3.8, 4) is 22.8 Å². The summed E-state index contributed by atoms with van der Waals surface area (Å²) >= 11 is 0. The Kier molecular flexibility index (Phi) is 9.06. The second-order valence-electron chi connectivity index (χ2n) is 9.51. The van der Waals surface area contributed by atoms with Crippen LogP contribution in [0.2, 0.25) is 0 Å². The van der Waals surface area contributed by atoms with E-state index in [0.717, 1.165) is 36.0 Å². The number of amides is 2. The molecule has 3 aromatic rings. The molecular formula is C28H36N4O3. The fourth-order valence-corrected chi connectivity index (χ4v) is 3.87. The van der Waals surface area contributed by atoms with E-state index in [2.05, 4.69) is 48.3 Å². The van der Waals surface area contributed by atoms with E-state index in [-0.39, 0.29) is 17.5 Å². The van der Waals surface area contributed by atoms with E-state index in [1.807, 2.05) is 42.5 Å². The molecule has 186 valence electrons. The number of unbranched alkanes of at least 4 members (excludes halogenated alkanes) is 2. The molecule has 2 aromatic heterocycles. The summed E-state index contributed by atoms with van der Waals surface area (Å²) in [4.78, 5) is 21.8. The molecule has 0 aliphatic heterocycles. The lowest BCUT2D eigenvalue weighted by molar-refractivity contribution is 0.229. The number of carbonyl (C=O) groups excluding carboxylic acids is 1. The van der Waals surface area contributed by atoms with Gasteiger partial charge in [-0.15, -0.1) is 0 Å². The third kappa shape index (κ3) is 7.18. The highest BCUT2D eigenvalue weighted by atomic mass is 16.5. The third-order valence-electron chi connectivity index (χ3n) is 5.68. The maximum atomic E-state index is 13.2. The largest absolute Gasteiger partial charge is 0.496 e. The molecule has 2 heterocycles. The van der Waals surface area contributed by atoms with Gasteiger partial charge in [0.2, 0.25) is 5.88 Å². The molecule has 0 bridgehead atoms. The minimum absolute atomic E-state index is 0.222. The molecule has 7 nitrogen and oxygen atoms in total. The summed E-state index contributed by atoms with van der Waals surface area (Å²) in [7, 11) is 1.63. The normalized spacial score (nSPS) is 12.0. The fraction of sp³-hybridized carbons (Fsp3) is 0.393. The number of hydrogen-bond donors (Lipinski definition) is 2. The average molecular weight is 477 g/mol. The van der Waals surface area contributed by atoms with Gasteiger partial charge in [-0.25, -0.2) is 9.78 Å². The molecule has 0 fully saturated rings. The molecule has 0 aliphatic carbocycles. The van der Waals surface area contributed by atoms with Crippen LogP contribution in [0.25, 0.3) is 11.1 Å². The molecule has 2 amide bonds. The van der Waals surface area contributed by atoms with Gasteiger partial charge in [-0.05, 0) is 29.5 Å². The molecule has 2 N–H and O–H groups in total. The van der Waals surface area contributed by atoms with Gasteiger partial charge in [0, 0.05) is 29.6 Å². The number of nitrogens with zero attached hydrogens (tertiary/aromatic N) is 2. The molecule has 1 unspecified atom stereocenters. The highest BCUT2D eigenvalue weighted by Crippen LogP contribution is 2.37. The number of pyridine rings is 2. The zero-order chi connectivity index (χ0) is 25.3. The van der Waals surface area contributed by atoms with Crippen LogP contribution in [-0.2, 0) is 0 Å². The monoisotopic (exact) mass is 476 g/mol. The molecule has 0 saturated carbocycles. The summed E-state index contributed by atoms with van der Waals surface area (Å²) in [5.41, 5.74) is 2.89. The quantitative estimate of drug-likeness (QED) is 0.321. The number of benzene rings is 1. The second-order valence-corrected chi connectivity index (χ2v) is 9.51. The van der Waals surface area contributed by atoms with Crippen LogP contribution in [0.1, 0.15) is 58.6 Å². The Morgan fingerprint density at radius 1 is 1.06 bits per heavy atom. The topological polar surface area (TPSA) is 85.4 Å². The SMILES string of the molecule is CCCCCOc1cc(-c2ccccc2OC)c(NC(=O)NC(c2cccnc2)C(C)(C)C)cn1. The number of carbonyl (C=O) groups is 1. The summed E-state index contributed by atoms with van der Waals surface area (Å²) < 4.78 is 11.5. The molecule has 0 saturated heterocycles. The van der Waals surface area contributed by atoms with Gasteiger partial charge in [0.25, 0.3) is 0 Å². The first kappa shape index (κ1) is 26.0. The fourth-order valence-electron chi connectivity index (χ4n) is 3.87. The van der Waals surface area contributed by atoms with Crippen LogP contribution in [0, 0.1) is 5.41 Å². The Morgan fingerprint density at radius 2 is 1.86 bits per heavy atom. The average Bonchev–Trinajstić information content (AvgIpc) is 2.85. The number of nitrogens with one attached hydrogen (secondary N) is 2. The van der Waals surface area contributed by atoms with Crippen molar-refractivity contribution in [1.29, 1.82) is 0 Å². The van der Waals surface area contributed by atoms with Crippen molar-refractivity contribution < 1.29 is 14.3 Å². The number of urea groups is 1. The van der Waals surface area contributed by atoms with E-state index in [9.17, 15) is 4.79 Å². The summed E-state index contributed by atoms with van der Waals surface area (Å²) in [5.74, 6) is 1.21. The standard InChI is InChI=1S/C28H36N4O3/c1-6-7-10-16-35-25-17-22(21-13-8-9-14-24(21)34-5)23(19-30-25)31-27(33)32-26(28(2,3)4)20-12-11-15-29-18-20/h8-9,11-15,17-19,26H,6-7,10,16H2,1-5H3,(H2,31,32,33). The van der Waals surface area contributed by atoms with E-state index in [4.69, 9.17) is 9.47 Å².